The molecule has 0 spiro atoms. The third-order valence-corrected chi connectivity index (χ3v) is 2.90. The molecule has 2 aromatic carbocycles. The summed E-state index contributed by atoms with van der Waals surface area (Å²) in [5.74, 6) is 0.881. The van der Waals surface area contributed by atoms with E-state index in [1.165, 1.54) is 5.56 Å². The predicted octanol–water partition coefficient (Wildman–Crippen LogP) is 4.74. The molecular formula is C16H18ClNO. The lowest BCUT2D eigenvalue weighted by molar-refractivity contribution is 0.243. The zero-order valence-electron chi connectivity index (χ0n) is 11.2. The molecule has 0 bridgehead atoms. The van der Waals surface area contributed by atoms with Crippen LogP contribution in [0.4, 0.5) is 5.69 Å². The Kier molecular flexibility index (Phi) is 4.69. The van der Waals surface area contributed by atoms with Crippen LogP contribution in [0, 0.1) is 0 Å². The van der Waals surface area contributed by atoms with E-state index < -0.39 is 0 Å². The van der Waals surface area contributed by atoms with Crippen molar-refractivity contribution < 1.29 is 4.74 Å². The van der Waals surface area contributed by atoms with Gasteiger partial charge in [-0.3, -0.25) is 0 Å². The maximum atomic E-state index is 5.87. The first-order valence-corrected chi connectivity index (χ1v) is 6.77. The van der Waals surface area contributed by atoms with E-state index in [4.69, 9.17) is 16.3 Å². The lowest BCUT2D eigenvalue weighted by Gasteiger charge is -2.15. The molecule has 0 atom stereocenters. The lowest BCUT2D eigenvalue weighted by Crippen LogP contribution is -2.08. The van der Waals surface area contributed by atoms with Crippen LogP contribution < -0.4 is 10.1 Å². The normalized spacial score (nSPS) is 10.5. The molecule has 19 heavy (non-hydrogen) atoms. The van der Waals surface area contributed by atoms with Gasteiger partial charge in [-0.15, -0.1) is 0 Å². The van der Waals surface area contributed by atoms with Crippen molar-refractivity contribution in [1.29, 1.82) is 0 Å². The van der Waals surface area contributed by atoms with Crippen LogP contribution in [-0.4, -0.2) is 6.10 Å². The van der Waals surface area contributed by atoms with Crippen molar-refractivity contribution >= 4 is 17.3 Å². The molecule has 2 rings (SSSR count). The molecule has 0 fully saturated rings. The summed E-state index contributed by atoms with van der Waals surface area (Å²) in [7, 11) is 0. The second-order valence-corrected chi connectivity index (χ2v) is 5.08. The number of halogens is 1. The number of hydrogen-bond acceptors (Lipinski definition) is 2. The average molecular weight is 276 g/mol. The van der Waals surface area contributed by atoms with Crippen molar-refractivity contribution in [3.63, 3.8) is 0 Å². The van der Waals surface area contributed by atoms with Gasteiger partial charge in [-0.05, 0) is 43.7 Å². The van der Waals surface area contributed by atoms with Gasteiger partial charge in [0.1, 0.15) is 5.75 Å². The zero-order chi connectivity index (χ0) is 13.7. The highest BCUT2D eigenvalue weighted by Gasteiger charge is 2.04. The lowest BCUT2D eigenvalue weighted by atomic mass is 10.2. The van der Waals surface area contributed by atoms with Crippen LogP contribution in [0.15, 0.2) is 48.5 Å². The molecule has 1 N–H and O–H groups in total. The van der Waals surface area contributed by atoms with Crippen LogP contribution in [0.5, 0.6) is 5.75 Å². The van der Waals surface area contributed by atoms with E-state index in [1.54, 1.807) is 0 Å². The van der Waals surface area contributed by atoms with Crippen LogP contribution in [0.1, 0.15) is 19.4 Å². The molecule has 0 radical (unpaired) electrons. The Labute approximate surface area is 119 Å². The molecule has 0 aliphatic rings. The zero-order valence-corrected chi connectivity index (χ0v) is 11.9. The Morgan fingerprint density at radius 2 is 1.74 bits per heavy atom. The minimum Gasteiger partial charge on any atom is -0.489 e. The molecule has 0 amide bonds. The van der Waals surface area contributed by atoms with Gasteiger partial charge in [0.2, 0.25) is 0 Å². The highest BCUT2D eigenvalue weighted by molar-refractivity contribution is 6.30. The van der Waals surface area contributed by atoms with E-state index in [1.807, 2.05) is 62.4 Å². The Morgan fingerprint density at radius 1 is 1.05 bits per heavy atom. The highest BCUT2D eigenvalue weighted by atomic mass is 35.5. The quantitative estimate of drug-likeness (QED) is 0.851. The largest absolute Gasteiger partial charge is 0.489 e. The number of nitrogens with one attached hydrogen (secondary N) is 1. The summed E-state index contributed by atoms with van der Waals surface area (Å²) in [5, 5.41) is 4.14. The van der Waals surface area contributed by atoms with Gasteiger partial charge < -0.3 is 10.1 Å². The third-order valence-electron chi connectivity index (χ3n) is 2.65. The smallest absolute Gasteiger partial charge is 0.142 e. The summed E-state index contributed by atoms with van der Waals surface area (Å²) in [5.41, 5.74) is 2.19. The third kappa shape index (κ3) is 4.18. The van der Waals surface area contributed by atoms with E-state index >= 15 is 0 Å². The van der Waals surface area contributed by atoms with E-state index in [2.05, 4.69) is 5.32 Å². The average Bonchev–Trinajstić information content (AvgIpc) is 2.39. The Bertz CT molecular complexity index is 523. The van der Waals surface area contributed by atoms with Gasteiger partial charge in [-0.1, -0.05) is 35.9 Å². The fourth-order valence-electron chi connectivity index (χ4n) is 1.77. The highest BCUT2D eigenvalue weighted by Crippen LogP contribution is 2.25. The number of para-hydroxylation sites is 2. The van der Waals surface area contributed by atoms with Gasteiger partial charge in [0.05, 0.1) is 11.8 Å². The second-order valence-electron chi connectivity index (χ2n) is 4.64. The summed E-state index contributed by atoms with van der Waals surface area (Å²) < 4.78 is 5.77. The maximum Gasteiger partial charge on any atom is 0.142 e. The maximum absolute atomic E-state index is 5.87. The molecule has 100 valence electrons. The van der Waals surface area contributed by atoms with Gasteiger partial charge in [0.25, 0.3) is 0 Å². The summed E-state index contributed by atoms with van der Waals surface area (Å²) in [6.07, 6.45) is 0.165. The van der Waals surface area contributed by atoms with Crippen molar-refractivity contribution in [3.8, 4) is 5.75 Å². The molecule has 3 heteroatoms. The first-order valence-electron chi connectivity index (χ1n) is 6.39. The van der Waals surface area contributed by atoms with Crippen LogP contribution in [0.3, 0.4) is 0 Å². The summed E-state index contributed by atoms with van der Waals surface area (Å²) in [6, 6.07) is 15.8. The topological polar surface area (TPSA) is 21.3 Å². The fourth-order valence-corrected chi connectivity index (χ4v) is 1.89. The first-order chi connectivity index (χ1) is 9.15. The molecule has 0 saturated heterocycles. The van der Waals surface area contributed by atoms with Gasteiger partial charge in [0.15, 0.2) is 0 Å². The second kappa shape index (κ2) is 6.48. The molecule has 2 nitrogen and oxygen atoms in total. The summed E-state index contributed by atoms with van der Waals surface area (Å²) in [6.45, 7) is 4.79. The van der Waals surface area contributed by atoms with Crippen molar-refractivity contribution in [1.82, 2.24) is 0 Å². The number of ether oxygens (including phenoxy) is 1. The molecule has 0 aliphatic carbocycles. The molecule has 0 aliphatic heterocycles. The monoisotopic (exact) mass is 275 g/mol. The van der Waals surface area contributed by atoms with E-state index in [9.17, 15) is 0 Å². The van der Waals surface area contributed by atoms with Crippen LogP contribution in [0.25, 0.3) is 0 Å². The molecule has 2 aromatic rings. The van der Waals surface area contributed by atoms with E-state index in [0.717, 1.165) is 23.0 Å². The van der Waals surface area contributed by atoms with E-state index in [0.29, 0.717) is 0 Å². The van der Waals surface area contributed by atoms with Gasteiger partial charge in [-0.25, -0.2) is 0 Å². The predicted molar refractivity (Wildman–Crippen MR) is 81.0 cm³/mol. The van der Waals surface area contributed by atoms with Gasteiger partial charge in [0, 0.05) is 11.6 Å². The first kappa shape index (κ1) is 13.8. The Morgan fingerprint density at radius 3 is 2.42 bits per heavy atom. The van der Waals surface area contributed by atoms with E-state index in [-0.39, 0.29) is 6.10 Å². The molecule has 0 unspecified atom stereocenters. The van der Waals surface area contributed by atoms with Crippen molar-refractivity contribution in [2.24, 2.45) is 0 Å². The SMILES string of the molecule is CC(C)Oc1ccccc1NCc1ccc(Cl)cc1. The number of rotatable bonds is 5. The van der Waals surface area contributed by atoms with Crippen LogP contribution in [0.2, 0.25) is 5.02 Å². The minimum atomic E-state index is 0.165. The van der Waals surface area contributed by atoms with Crippen molar-refractivity contribution in [2.45, 2.75) is 26.5 Å². The van der Waals surface area contributed by atoms with Gasteiger partial charge >= 0.3 is 0 Å². The summed E-state index contributed by atoms with van der Waals surface area (Å²) in [4.78, 5) is 0. The number of hydrogen-bond donors (Lipinski definition) is 1. The van der Waals surface area contributed by atoms with Crippen molar-refractivity contribution in [2.75, 3.05) is 5.32 Å². The Balaban J connectivity index is 2.04. The van der Waals surface area contributed by atoms with Crippen molar-refractivity contribution in [3.05, 3.63) is 59.1 Å². The number of anilines is 1. The molecule has 0 heterocycles. The van der Waals surface area contributed by atoms with Gasteiger partial charge in [-0.2, -0.15) is 0 Å². The summed E-state index contributed by atoms with van der Waals surface area (Å²) >= 11 is 5.87. The fraction of sp³-hybridized carbons (Fsp3) is 0.250. The standard InChI is InChI=1S/C16H18ClNO/c1-12(2)19-16-6-4-3-5-15(16)18-11-13-7-9-14(17)10-8-13/h3-10,12,18H,11H2,1-2H3. The Hall–Kier alpha value is -1.67. The number of benzene rings is 2. The molecule has 0 aromatic heterocycles. The molecular weight excluding hydrogens is 258 g/mol. The molecule has 0 saturated carbocycles. The van der Waals surface area contributed by atoms with Crippen LogP contribution >= 0.6 is 11.6 Å². The minimum absolute atomic E-state index is 0.165. The van der Waals surface area contributed by atoms with Crippen LogP contribution in [-0.2, 0) is 6.54 Å².